The highest BCUT2D eigenvalue weighted by molar-refractivity contribution is 5.98. The topological polar surface area (TPSA) is 3.24 Å². The lowest BCUT2D eigenvalue weighted by molar-refractivity contribution is 1.28. The first-order valence-corrected chi connectivity index (χ1v) is 18.8. The first-order chi connectivity index (χ1) is 27.3. The summed E-state index contributed by atoms with van der Waals surface area (Å²) in [5, 5.41) is 0. The van der Waals surface area contributed by atoms with Crippen LogP contribution in [0.5, 0.6) is 0 Å². The largest absolute Gasteiger partial charge is 0.310 e. The number of hydrogen-bond acceptors (Lipinski definition) is 1. The third-order valence-electron chi connectivity index (χ3n) is 10.3. The molecule has 0 aromatic heterocycles. The van der Waals surface area contributed by atoms with Crippen LogP contribution in [0.4, 0.5) is 17.1 Å². The Morgan fingerprint density at radius 1 is 0.200 bits per heavy atom. The predicted molar refractivity (Wildman–Crippen MR) is 234 cm³/mol. The fourth-order valence-electron chi connectivity index (χ4n) is 7.59. The molecule has 9 rings (SSSR count). The molecule has 0 aliphatic heterocycles. The SMILES string of the molecule is c1ccc(-c2ccc(N(c3ccc(-c4ccccc4)cc3)c3ccccc3-c3ccc(-c4ccccc4)cc3-c3ccccc3-c3ccccc3)cc2)cc1. The molecule has 0 bridgehead atoms. The summed E-state index contributed by atoms with van der Waals surface area (Å²) in [5.74, 6) is 0. The molecule has 0 heterocycles. The van der Waals surface area contributed by atoms with Gasteiger partial charge in [0, 0.05) is 16.9 Å². The molecule has 0 fully saturated rings. The fraction of sp³-hybridized carbons (Fsp3) is 0. The molecule has 9 aromatic rings. The third-order valence-corrected chi connectivity index (χ3v) is 10.3. The van der Waals surface area contributed by atoms with Crippen molar-refractivity contribution < 1.29 is 0 Å². The Morgan fingerprint density at radius 3 is 1.05 bits per heavy atom. The average Bonchev–Trinajstić information content (AvgIpc) is 3.28. The van der Waals surface area contributed by atoms with Crippen LogP contribution in [0.2, 0.25) is 0 Å². The van der Waals surface area contributed by atoms with Gasteiger partial charge < -0.3 is 4.90 Å². The number of para-hydroxylation sites is 1. The average molecular weight is 702 g/mol. The maximum Gasteiger partial charge on any atom is 0.0540 e. The minimum Gasteiger partial charge on any atom is -0.310 e. The molecule has 55 heavy (non-hydrogen) atoms. The van der Waals surface area contributed by atoms with Gasteiger partial charge in [0.05, 0.1) is 5.69 Å². The molecule has 0 aliphatic rings. The number of nitrogens with zero attached hydrogens (tertiary/aromatic N) is 1. The zero-order valence-corrected chi connectivity index (χ0v) is 30.5. The summed E-state index contributed by atoms with van der Waals surface area (Å²) in [6.07, 6.45) is 0. The number of benzene rings is 9. The zero-order valence-electron chi connectivity index (χ0n) is 30.5. The molecular weight excluding hydrogens is 663 g/mol. The van der Waals surface area contributed by atoms with Crippen LogP contribution in [-0.4, -0.2) is 0 Å². The standard InChI is InChI=1S/C54H39N/c1-5-17-40(18-6-1)43-29-34-47(35-30-43)55(48-36-31-44(32-37-48)41-19-7-2-8-20-41)54-28-16-15-27-52(54)51-38-33-46(42-21-9-3-10-22-42)39-53(51)50-26-14-13-25-49(50)45-23-11-4-12-24-45/h1-39H. The van der Waals surface area contributed by atoms with E-state index in [2.05, 4.69) is 241 Å². The zero-order chi connectivity index (χ0) is 36.8. The van der Waals surface area contributed by atoms with E-state index in [0.29, 0.717) is 0 Å². The molecule has 0 radical (unpaired) electrons. The Morgan fingerprint density at radius 2 is 0.545 bits per heavy atom. The van der Waals surface area contributed by atoms with E-state index in [9.17, 15) is 0 Å². The Hall–Kier alpha value is -7.22. The Kier molecular flexibility index (Phi) is 9.41. The van der Waals surface area contributed by atoms with Gasteiger partial charge in [-0.2, -0.15) is 0 Å². The molecule has 0 unspecified atom stereocenters. The Bertz CT molecular complexity index is 2560. The number of anilines is 3. The van der Waals surface area contributed by atoms with E-state index in [4.69, 9.17) is 0 Å². The number of rotatable bonds is 9. The molecule has 0 atom stereocenters. The minimum atomic E-state index is 1.09. The molecule has 1 nitrogen and oxygen atoms in total. The summed E-state index contributed by atoms with van der Waals surface area (Å²) in [6.45, 7) is 0. The first-order valence-electron chi connectivity index (χ1n) is 18.8. The van der Waals surface area contributed by atoms with E-state index >= 15 is 0 Å². The quantitative estimate of drug-likeness (QED) is 0.145. The van der Waals surface area contributed by atoms with Crippen molar-refractivity contribution in [3.05, 3.63) is 237 Å². The van der Waals surface area contributed by atoms with Crippen molar-refractivity contribution in [3.8, 4) is 66.8 Å². The van der Waals surface area contributed by atoms with Gasteiger partial charge in [-0.1, -0.05) is 200 Å². The molecule has 0 N–H and O–H groups in total. The fourth-order valence-corrected chi connectivity index (χ4v) is 7.59. The van der Waals surface area contributed by atoms with Crippen LogP contribution in [0.25, 0.3) is 66.8 Å². The number of hydrogen-bond donors (Lipinski definition) is 0. The van der Waals surface area contributed by atoms with Gasteiger partial charge in [-0.25, -0.2) is 0 Å². The van der Waals surface area contributed by atoms with Crippen LogP contribution < -0.4 is 4.90 Å². The summed E-state index contributed by atoms with van der Waals surface area (Å²) in [5.41, 5.74) is 17.6. The lowest BCUT2D eigenvalue weighted by atomic mass is 9.86. The van der Waals surface area contributed by atoms with Crippen molar-refractivity contribution in [2.45, 2.75) is 0 Å². The van der Waals surface area contributed by atoms with Gasteiger partial charge in [-0.15, -0.1) is 0 Å². The molecule has 0 aliphatic carbocycles. The second-order valence-electron chi connectivity index (χ2n) is 13.7. The lowest BCUT2D eigenvalue weighted by Crippen LogP contribution is -2.11. The third kappa shape index (κ3) is 7.00. The summed E-state index contributed by atoms with van der Waals surface area (Å²) in [7, 11) is 0. The highest BCUT2D eigenvalue weighted by Crippen LogP contribution is 2.46. The van der Waals surface area contributed by atoms with Crippen molar-refractivity contribution in [1.29, 1.82) is 0 Å². The summed E-state index contributed by atoms with van der Waals surface area (Å²) < 4.78 is 0. The van der Waals surface area contributed by atoms with Crippen LogP contribution in [0.3, 0.4) is 0 Å². The molecule has 1 heteroatoms. The van der Waals surface area contributed by atoms with E-state index in [1.165, 1.54) is 61.2 Å². The van der Waals surface area contributed by atoms with Crippen molar-refractivity contribution in [1.82, 2.24) is 0 Å². The molecule has 260 valence electrons. The normalized spacial score (nSPS) is 10.9. The smallest absolute Gasteiger partial charge is 0.0540 e. The first kappa shape index (κ1) is 33.6. The summed E-state index contributed by atoms with van der Waals surface area (Å²) >= 11 is 0. The van der Waals surface area contributed by atoms with Gasteiger partial charge in [0.25, 0.3) is 0 Å². The van der Waals surface area contributed by atoms with Crippen molar-refractivity contribution in [2.24, 2.45) is 0 Å². The van der Waals surface area contributed by atoms with Gasteiger partial charge in [-0.3, -0.25) is 0 Å². The van der Waals surface area contributed by atoms with E-state index in [-0.39, 0.29) is 0 Å². The van der Waals surface area contributed by atoms with Crippen molar-refractivity contribution >= 4 is 17.1 Å². The van der Waals surface area contributed by atoms with Gasteiger partial charge in [0.2, 0.25) is 0 Å². The Labute approximate surface area is 324 Å². The van der Waals surface area contributed by atoms with Crippen LogP contribution >= 0.6 is 0 Å². The van der Waals surface area contributed by atoms with Gasteiger partial charge >= 0.3 is 0 Å². The monoisotopic (exact) mass is 701 g/mol. The van der Waals surface area contributed by atoms with Crippen LogP contribution in [0, 0.1) is 0 Å². The highest BCUT2D eigenvalue weighted by atomic mass is 15.1. The molecular formula is C54H39N. The van der Waals surface area contributed by atoms with E-state index in [0.717, 1.165) is 22.6 Å². The van der Waals surface area contributed by atoms with Gasteiger partial charge in [-0.05, 0) is 97.6 Å². The summed E-state index contributed by atoms with van der Waals surface area (Å²) in [4.78, 5) is 2.40. The molecule has 0 spiro atoms. The van der Waals surface area contributed by atoms with Crippen LogP contribution in [0.1, 0.15) is 0 Å². The van der Waals surface area contributed by atoms with Crippen LogP contribution in [0.15, 0.2) is 237 Å². The van der Waals surface area contributed by atoms with Crippen LogP contribution in [-0.2, 0) is 0 Å². The Balaban J connectivity index is 1.24. The van der Waals surface area contributed by atoms with Crippen molar-refractivity contribution in [2.75, 3.05) is 4.90 Å². The van der Waals surface area contributed by atoms with E-state index < -0.39 is 0 Å². The second-order valence-corrected chi connectivity index (χ2v) is 13.7. The molecule has 0 saturated carbocycles. The molecule has 0 amide bonds. The van der Waals surface area contributed by atoms with Gasteiger partial charge in [0.1, 0.15) is 0 Å². The highest BCUT2D eigenvalue weighted by Gasteiger charge is 2.21. The minimum absolute atomic E-state index is 1.09. The van der Waals surface area contributed by atoms with E-state index in [1.807, 2.05) is 0 Å². The summed E-state index contributed by atoms with van der Waals surface area (Å²) in [6, 6.07) is 85.0. The lowest BCUT2D eigenvalue weighted by Gasteiger charge is -2.29. The maximum atomic E-state index is 2.40. The maximum absolute atomic E-state index is 2.40. The van der Waals surface area contributed by atoms with Crippen molar-refractivity contribution in [3.63, 3.8) is 0 Å². The van der Waals surface area contributed by atoms with Gasteiger partial charge in [0.15, 0.2) is 0 Å². The predicted octanol–water partition coefficient (Wildman–Crippen LogP) is 15.2. The molecule has 9 aromatic carbocycles. The second kappa shape index (κ2) is 15.4. The molecule has 0 saturated heterocycles. The van der Waals surface area contributed by atoms with E-state index in [1.54, 1.807) is 0 Å².